The van der Waals surface area contributed by atoms with E-state index in [0.717, 1.165) is 6.26 Å². The van der Waals surface area contributed by atoms with Crippen molar-refractivity contribution in [3.8, 4) is 0 Å². The Balaban J connectivity index is 3.01. The number of hydrogen-bond acceptors (Lipinski definition) is 6. The number of rotatable bonds is 3. The zero-order valence-corrected chi connectivity index (χ0v) is 11.6. The van der Waals surface area contributed by atoms with Crippen LogP contribution in [-0.4, -0.2) is 24.8 Å². The predicted octanol–water partition coefficient (Wildman–Crippen LogP) is 1.22. The standard InChI is InChI=1S/C10H19N3O3S/c1-6(17(5,14)15)8-12-9(16-13-8)7(11)10(2,3)4/h6-7H,11H2,1-5H3/t6?,7-/m0/s1. The van der Waals surface area contributed by atoms with Crippen LogP contribution in [0, 0.1) is 5.41 Å². The van der Waals surface area contributed by atoms with Crippen LogP contribution in [0.25, 0.3) is 0 Å². The van der Waals surface area contributed by atoms with E-state index in [9.17, 15) is 8.42 Å². The second kappa shape index (κ2) is 4.38. The minimum atomic E-state index is -3.23. The summed E-state index contributed by atoms with van der Waals surface area (Å²) in [6.07, 6.45) is 1.14. The van der Waals surface area contributed by atoms with Crippen LogP contribution in [0.4, 0.5) is 0 Å². The molecule has 98 valence electrons. The zero-order valence-electron chi connectivity index (χ0n) is 10.8. The Morgan fingerprint density at radius 2 is 1.88 bits per heavy atom. The van der Waals surface area contributed by atoms with Crippen molar-refractivity contribution in [1.29, 1.82) is 0 Å². The molecule has 0 radical (unpaired) electrons. The third-order valence-electron chi connectivity index (χ3n) is 2.66. The van der Waals surface area contributed by atoms with Crippen LogP contribution in [0.1, 0.15) is 50.7 Å². The van der Waals surface area contributed by atoms with Gasteiger partial charge in [0.05, 0.1) is 6.04 Å². The van der Waals surface area contributed by atoms with Crippen molar-refractivity contribution in [3.05, 3.63) is 11.7 Å². The van der Waals surface area contributed by atoms with Crippen molar-refractivity contribution in [3.63, 3.8) is 0 Å². The Hall–Kier alpha value is -0.950. The van der Waals surface area contributed by atoms with E-state index in [-0.39, 0.29) is 17.1 Å². The highest BCUT2D eigenvalue weighted by Crippen LogP contribution is 2.30. The van der Waals surface area contributed by atoms with Gasteiger partial charge in [0.15, 0.2) is 15.7 Å². The van der Waals surface area contributed by atoms with Gasteiger partial charge in [-0.1, -0.05) is 25.9 Å². The highest BCUT2D eigenvalue weighted by atomic mass is 32.2. The minimum Gasteiger partial charge on any atom is -0.338 e. The van der Waals surface area contributed by atoms with Gasteiger partial charge in [-0.15, -0.1) is 0 Å². The molecule has 17 heavy (non-hydrogen) atoms. The van der Waals surface area contributed by atoms with E-state index < -0.39 is 21.1 Å². The number of nitrogens with two attached hydrogens (primary N) is 1. The number of hydrogen-bond donors (Lipinski definition) is 1. The van der Waals surface area contributed by atoms with Crippen molar-refractivity contribution < 1.29 is 12.9 Å². The number of aromatic nitrogens is 2. The van der Waals surface area contributed by atoms with Gasteiger partial charge in [0.25, 0.3) is 0 Å². The Morgan fingerprint density at radius 3 is 2.29 bits per heavy atom. The molecule has 2 N–H and O–H groups in total. The minimum absolute atomic E-state index is 0.155. The Bertz CT molecular complexity index is 487. The maximum absolute atomic E-state index is 11.4. The van der Waals surface area contributed by atoms with E-state index in [2.05, 4.69) is 10.1 Å². The third-order valence-corrected chi connectivity index (χ3v) is 4.16. The predicted molar refractivity (Wildman–Crippen MR) is 63.9 cm³/mol. The lowest BCUT2D eigenvalue weighted by Crippen LogP contribution is -2.26. The second-order valence-corrected chi connectivity index (χ2v) is 7.67. The highest BCUT2D eigenvalue weighted by molar-refractivity contribution is 7.90. The molecule has 0 spiro atoms. The van der Waals surface area contributed by atoms with Crippen molar-refractivity contribution >= 4 is 9.84 Å². The summed E-state index contributed by atoms with van der Waals surface area (Å²) >= 11 is 0. The SMILES string of the molecule is CC(c1noc([C@H](N)C(C)(C)C)n1)S(C)(=O)=O. The van der Waals surface area contributed by atoms with Crippen molar-refractivity contribution in [2.75, 3.05) is 6.26 Å². The molecule has 0 bridgehead atoms. The first-order valence-electron chi connectivity index (χ1n) is 5.31. The van der Waals surface area contributed by atoms with Crippen LogP contribution in [0.2, 0.25) is 0 Å². The first-order valence-corrected chi connectivity index (χ1v) is 7.27. The number of sulfone groups is 1. The third kappa shape index (κ3) is 3.26. The molecule has 0 aliphatic heterocycles. The molecule has 1 heterocycles. The molecule has 1 rings (SSSR count). The van der Waals surface area contributed by atoms with Gasteiger partial charge in [-0.05, 0) is 12.3 Å². The summed E-state index contributed by atoms with van der Waals surface area (Å²) in [5.41, 5.74) is 5.72. The van der Waals surface area contributed by atoms with Crippen molar-refractivity contribution in [2.24, 2.45) is 11.1 Å². The molecule has 0 amide bonds. The fourth-order valence-corrected chi connectivity index (χ4v) is 1.58. The van der Waals surface area contributed by atoms with Gasteiger partial charge in [-0.2, -0.15) is 4.98 Å². The Labute approximate surface area is 102 Å². The summed E-state index contributed by atoms with van der Waals surface area (Å²) in [7, 11) is -3.23. The fourth-order valence-electron chi connectivity index (χ4n) is 1.10. The molecule has 6 nitrogen and oxygen atoms in total. The fraction of sp³-hybridized carbons (Fsp3) is 0.800. The molecule has 1 aromatic rings. The topological polar surface area (TPSA) is 99.1 Å². The summed E-state index contributed by atoms with van der Waals surface area (Å²) in [6.45, 7) is 7.36. The maximum Gasteiger partial charge on any atom is 0.244 e. The average molecular weight is 261 g/mol. The second-order valence-electron chi connectivity index (χ2n) is 5.31. The summed E-state index contributed by atoms with van der Waals surface area (Å²) in [4.78, 5) is 4.06. The molecular weight excluding hydrogens is 242 g/mol. The van der Waals surface area contributed by atoms with Gasteiger partial charge in [0.1, 0.15) is 5.25 Å². The van der Waals surface area contributed by atoms with Crippen LogP contribution in [-0.2, 0) is 9.84 Å². The lowest BCUT2D eigenvalue weighted by atomic mass is 9.87. The monoisotopic (exact) mass is 261 g/mol. The molecule has 0 saturated carbocycles. The van der Waals surface area contributed by atoms with E-state index in [1.54, 1.807) is 0 Å². The smallest absolute Gasteiger partial charge is 0.244 e. The molecular formula is C10H19N3O3S. The molecule has 7 heteroatoms. The molecule has 2 atom stereocenters. The summed E-state index contributed by atoms with van der Waals surface area (Å²) < 4.78 is 27.7. The quantitative estimate of drug-likeness (QED) is 0.878. The highest BCUT2D eigenvalue weighted by Gasteiger charge is 2.30. The van der Waals surface area contributed by atoms with E-state index in [0.29, 0.717) is 0 Å². The lowest BCUT2D eigenvalue weighted by Gasteiger charge is -2.23. The van der Waals surface area contributed by atoms with Gasteiger partial charge in [-0.25, -0.2) is 8.42 Å². The van der Waals surface area contributed by atoms with E-state index in [1.807, 2.05) is 20.8 Å². The van der Waals surface area contributed by atoms with Crippen molar-refractivity contribution in [1.82, 2.24) is 10.1 Å². The van der Waals surface area contributed by atoms with Gasteiger partial charge in [-0.3, -0.25) is 0 Å². The average Bonchev–Trinajstić information content (AvgIpc) is 2.60. The summed E-state index contributed by atoms with van der Waals surface area (Å²) in [5.74, 6) is 0.421. The van der Waals surface area contributed by atoms with Gasteiger partial charge in [0, 0.05) is 6.26 Å². The summed E-state index contributed by atoms with van der Waals surface area (Å²) in [5, 5.41) is 2.89. The van der Waals surface area contributed by atoms with E-state index in [1.165, 1.54) is 6.92 Å². The number of nitrogens with zero attached hydrogens (tertiary/aromatic N) is 2. The molecule has 0 aliphatic carbocycles. The molecule has 1 aromatic heterocycles. The summed E-state index contributed by atoms with van der Waals surface area (Å²) in [6, 6.07) is -0.421. The van der Waals surface area contributed by atoms with Gasteiger partial charge >= 0.3 is 0 Å². The first-order chi connectivity index (χ1) is 7.53. The van der Waals surface area contributed by atoms with E-state index in [4.69, 9.17) is 10.3 Å². The maximum atomic E-state index is 11.4. The molecule has 0 fully saturated rings. The molecule has 0 aromatic carbocycles. The van der Waals surface area contributed by atoms with Gasteiger partial charge in [0.2, 0.25) is 5.89 Å². The van der Waals surface area contributed by atoms with Gasteiger partial charge < -0.3 is 10.3 Å². The normalized spacial score (nSPS) is 16.8. The zero-order chi connectivity index (χ0) is 13.4. The largest absolute Gasteiger partial charge is 0.338 e. The van der Waals surface area contributed by atoms with Crippen LogP contribution in [0.3, 0.4) is 0 Å². The first kappa shape index (κ1) is 14.1. The Kier molecular flexibility index (Phi) is 3.63. The Morgan fingerprint density at radius 1 is 1.35 bits per heavy atom. The van der Waals surface area contributed by atoms with E-state index >= 15 is 0 Å². The van der Waals surface area contributed by atoms with Crippen LogP contribution >= 0.6 is 0 Å². The molecule has 0 saturated heterocycles. The van der Waals surface area contributed by atoms with Crippen LogP contribution in [0.5, 0.6) is 0 Å². The molecule has 1 unspecified atom stereocenters. The van der Waals surface area contributed by atoms with Crippen LogP contribution < -0.4 is 5.73 Å². The molecule has 0 aliphatic rings. The van der Waals surface area contributed by atoms with Crippen molar-refractivity contribution in [2.45, 2.75) is 39.0 Å². The lowest BCUT2D eigenvalue weighted by molar-refractivity contribution is 0.252. The van der Waals surface area contributed by atoms with Crippen LogP contribution in [0.15, 0.2) is 4.52 Å².